The smallest absolute Gasteiger partial charge is 0.257 e. The summed E-state index contributed by atoms with van der Waals surface area (Å²) in [5, 5.41) is 3.51. The molecule has 0 fully saturated rings. The number of carbonyl (C=O) groups excluding carboxylic acids is 1. The summed E-state index contributed by atoms with van der Waals surface area (Å²) in [7, 11) is -3.46. The number of carbonyl (C=O) groups is 1. The third-order valence-corrected chi connectivity index (χ3v) is 4.01. The van der Waals surface area contributed by atoms with Gasteiger partial charge in [0.25, 0.3) is 5.91 Å². The van der Waals surface area contributed by atoms with Crippen molar-refractivity contribution >= 4 is 62.1 Å². The van der Waals surface area contributed by atoms with Crippen LogP contribution >= 0.6 is 34.8 Å². The van der Waals surface area contributed by atoms with Gasteiger partial charge in [0.05, 0.1) is 16.8 Å². The SMILES string of the molecule is CS(=O)(=O)Nc1ccc(Cl)c(C(=O)Nc2cc(Cl)cc(Cl)c2)c1. The Morgan fingerprint density at radius 1 is 0.957 bits per heavy atom. The zero-order chi connectivity index (χ0) is 17.2. The lowest BCUT2D eigenvalue weighted by atomic mass is 10.2. The zero-order valence-corrected chi connectivity index (χ0v) is 14.8. The highest BCUT2D eigenvalue weighted by Crippen LogP contribution is 2.25. The molecular weight excluding hydrogens is 383 g/mol. The van der Waals surface area contributed by atoms with Crippen molar-refractivity contribution in [3.63, 3.8) is 0 Å². The maximum absolute atomic E-state index is 12.3. The highest BCUT2D eigenvalue weighted by Gasteiger charge is 2.13. The second-order valence-electron chi connectivity index (χ2n) is 4.68. The number of halogens is 3. The van der Waals surface area contributed by atoms with Gasteiger partial charge in [0.2, 0.25) is 10.0 Å². The van der Waals surface area contributed by atoms with Crippen LogP contribution in [0.5, 0.6) is 0 Å². The number of nitrogens with one attached hydrogen (secondary N) is 2. The molecule has 0 saturated heterocycles. The maximum Gasteiger partial charge on any atom is 0.257 e. The van der Waals surface area contributed by atoms with Gasteiger partial charge in [-0.2, -0.15) is 0 Å². The van der Waals surface area contributed by atoms with E-state index in [0.717, 1.165) is 6.26 Å². The van der Waals surface area contributed by atoms with Crippen molar-refractivity contribution in [3.8, 4) is 0 Å². The molecule has 23 heavy (non-hydrogen) atoms. The molecule has 0 aliphatic heterocycles. The van der Waals surface area contributed by atoms with E-state index < -0.39 is 15.9 Å². The molecule has 2 N–H and O–H groups in total. The van der Waals surface area contributed by atoms with E-state index in [4.69, 9.17) is 34.8 Å². The summed E-state index contributed by atoms with van der Waals surface area (Å²) in [5.41, 5.74) is 0.729. The van der Waals surface area contributed by atoms with Crippen LogP contribution in [-0.2, 0) is 10.0 Å². The second kappa shape index (κ2) is 6.97. The molecule has 1 amide bonds. The molecule has 2 aromatic carbocycles. The van der Waals surface area contributed by atoms with Gasteiger partial charge in [0.15, 0.2) is 0 Å². The van der Waals surface area contributed by atoms with E-state index >= 15 is 0 Å². The quantitative estimate of drug-likeness (QED) is 0.814. The second-order valence-corrected chi connectivity index (χ2v) is 7.71. The minimum atomic E-state index is -3.46. The Morgan fingerprint density at radius 3 is 2.13 bits per heavy atom. The van der Waals surface area contributed by atoms with Gasteiger partial charge in [-0.1, -0.05) is 34.8 Å². The van der Waals surface area contributed by atoms with E-state index in [-0.39, 0.29) is 16.3 Å². The number of hydrogen-bond donors (Lipinski definition) is 2. The fraction of sp³-hybridized carbons (Fsp3) is 0.0714. The first kappa shape index (κ1) is 17.9. The first-order valence-electron chi connectivity index (χ1n) is 6.19. The van der Waals surface area contributed by atoms with Gasteiger partial charge >= 0.3 is 0 Å². The van der Waals surface area contributed by atoms with Gasteiger partial charge in [-0.3, -0.25) is 9.52 Å². The molecule has 0 saturated carbocycles. The largest absolute Gasteiger partial charge is 0.322 e. The summed E-state index contributed by atoms with van der Waals surface area (Å²) >= 11 is 17.7. The normalized spacial score (nSPS) is 11.1. The van der Waals surface area contributed by atoms with Crippen LogP contribution in [0.1, 0.15) is 10.4 Å². The van der Waals surface area contributed by atoms with Gasteiger partial charge in [0.1, 0.15) is 0 Å². The first-order valence-corrected chi connectivity index (χ1v) is 9.21. The van der Waals surface area contributed by atoms with Crippen molar-refractivity contribution in [1.29, 1.82) is 0 Å². The van der Waals surface area contributed by atoms with Gasteiger partial charge in [0, 0.05) is 21.4 Å². The fourth-order valence-corrected chi connectivity index (χ4v) is 3.09. The Hall–Kier alpha value is -1.47. The van der Waals surface area contributed by atoms with E-state index in [0.29, 0.717) is 15.7 Å². The number of rotatable bonds is 4. The molecule has 0 unspecified atom stereocenters. The molecule has 0 bridgehead atoms. The van der Waals surface area contributed by atoms with E-state index in [2.05, 4.69) is 10.0 Å². The van der Waals surface area contributed by atoms with Crippen LogP contribution in [0.2, 0.25) is 15.1 Å². The number of amides is 1. The van der Waals surface area contributed by atoms with Crippen molar-refractivity contribution in [3.05, 3.63) is 57.0 Å². The van der Waals surface area contributed by atoms with Crippen LogP contribution in [0.25, 0.3) is 0 Å². The van der Waals surface area contributed by atoms with Crippen LogP contribution in [-0.4, -0.2) is 20.6 Å². The molecule has 122 valence electrons. The average molecular weight is 394 g/mol. The molecule has 9 heteroatoms. The third-order valence-electron chi connectivity index (χ3n) is 2.63. The van der Waals surface area contributed by atoms with Crippen LogP contribution in [0.4, 0.5) is 11.4 Å². The lowest BCUT2D eigenvalue weighted by Gasteiger charge is -2.10. The molecule has 0 spiro atoms. The summed E-state index contributed by atoms with van der Waals surface area (Å²) in [4.78, 5) is 12.3. The van der Waals surface area contributed by atoms with Crippen LogP contribution in [0.3, 0.4) is 0 Å². The van der Waals surface area contributed by atoms with Gasteiger partial charge < -0.3 is 5.32 Å². The van der Waals surface area contributed by atoms with Crippen molar-refractivity contribution in [2.24, 2.45) is 0 Å². The Balaban J connectivity index is 2.29. The van der Waals surface area contributed by atoms with Crippen LogP contribution in [0, 0.1) is 0 Å². The minimum absolute atomic E-state index is 0.108. The fourth-order valence-electron chi connectivity index (χ4n) is 1.80. The molecule has 0 heterocycles. The Labute approximate surface area is 148 Å². The number of sulfonamides is 1. The molecule has 5 nitrogen and oxygen atoms in total. The highest BCUT2D eigenvalue weighted by atomic mass is 35.5. The molecule has 2 rings (SSSR count). The average Bonchev–Trinajstić information content (AvgIpc) is 2.38. The molecule has 0 atom stereocenters. The van der Waals surface area contributed by atoms with E-state index in [1.54, 1.807) is 0 Å². The van der Waals surface area contributed by atoms with Crippen LogP contribution < -0.4 is 10.0 Å². The molecule has 0 radical (unpaired) electrons. The molecule has 0 aliphatic carbocycles. The standard InChI is InChI=1S/C14H11Cl3N2O3S/c1-23(21,22)19-10-2-3-13(17)12(7-10)14(20)18-11-5-8(15)4-9(16)6-11/h2-7,19H,1H3,(H,18,20). The summed E-state index contributed by atoms with van der Waals surface area (Å²) in [6.45, 7) is 0. The van der Waals surface area contributed by atoms with Crippen molar-refractivity contribution in [2.45, 2.75) is 0 Å². The number of anilines is 2. The van der Waals surface area contributed by atoms with Crippen LogP contribution in [0.15, 0.2) is 36.4 Å². The number of hydrogen-bond acceptors (Lipinski definition) is 3. The Bertz CT molecular complexity index is 849. The lowest BCUT2D eigenvalue weighted by molar-refractivity contribution is 0.102. The van der Waals surface area contributed by atoms with Gasteiger partial charge in [-0.05, 0) is 36.4 Å². The maximum atomic E-state index is 12.3. The van der Waals surface area contributed by atoms with Crippen molar-refractivity contribution in [1.82, 2.24) is 0 Å². The topological polar surface area (TPSA) is 75.3 Å². The van der Waals surface area contributed by atoms with E-state index in [9.17, 15) is 13.2 Å². The monoisotopic (exact) mass is 392 g/mol. The molecular formula is C14H11Cl3N2O3S. The predicted octanol–water partition coefficient (Wildman–Crippen LogP) is 4.27. The zero-order valence-electron chi connectivity index (χ0n) is 11.7. The van der Waals surface area contributed by atoms with Gasteiger partial charge in [-0.25, -0.2) is 8.42 Å². The lowest BCUT2D eigenvalue weighted by Crippen LogP contribution is -2.14. The van der Waals surface area contributed by atoms with Crippen molar-refractivity contribution in [2.75, 3.05) is 16.3 Å². The van der Waals surface area contributed by atoms with E-state index in [1.807, 2.05) is 0 Å². The van der Waals surface area contributed by atoms with E-state index in [1.165, 1.54) is 36.4 Å². The molecule has 0 aromatic heterocycles. The molecule has 2 aromatic rings. The predicted molar refractivity (Wildman–Crippen MR) is 94.3 cm³/mol. The Morgan fingerprint density at radius 2 is 1.57 bits per heavy atom. The van der Waals surface area contributed by atoms with Gasteiger partial charge in [-0.15, -0.1) is 0 Å². The minimum Gasteiger partial charge on any atom is -0.322 e. The first-order chi connectivity index (χ1) is 10.6. The third kappa shape index (κ3) is 5.28. The Kier molecular flexibility index (Phi) is 5.41. The summed E-state index contributed by atoms with van der Waals surface area (Å²) in [6, 6.07) is 8.80. The summed E-state index contributed by atoms with van der Waals surface area (Å²) < 4.78 is 24.8. The van der Waals surface area contributed by atoms with Crippen molar-refractivity contribution < 1.29 is 13.2 Å². The number of benzene rings is 2. The molecule has 0 aliphatic rings. The highest BCUT2D eigenvalue weighted by molar-refractivity contribution is 7.92. The summed E-state index contributed by atoms with van der Waals surface area (Å²) in [5.74, 6) is -0.523. The summed E-state index contributed by atoms with van der Waals surface area (Å²) in [6.07, 6.45) is 1.01.